The number of hydrogen-bond acceptors (Lipinski definition) is 10. The molecular weight excluding hydrogens is 478 g/mol. The second-order valence-electron chi connectivity index (χ2n) is 8.78. The lowest BCUT2D eigenvalue weighted by molar-refractivity contribution is 0.0696. The Bertz CT molecular complexity index is 1380. The maximum Gasteiger partial charge on any atom is 0.338 e. The molecule has 0 saturated carbocycles. The van der Waals surface area contributed by atoms with Crippen LogP contribution in [0.2, 0.25) is 0 Å². The summed E-state index contributed by atoms with van der Waals surface area (Å²) in [6.07, 6.45) is 2.64. The molecule has 1 N–H and O–H groups in total. The number of hydrogen-bond donors (Lipinski definition) is 1. The van der Waals surface area contributed by atoms with Crippen molar-refractivity contribution >= 4 is 45.0 Å². The van der Waals surface area contributed by atoms with Crippen molar-refractivity contribution < 1.29 is 14.6 Å². The molecule has 1 saturated heterocycles. The Hall–Kier alpha value is -3.83. The Morgan fingerprint density at radius 1 is 1.11 bits per heavy atom. The van der Waals surface area contributed by atoms with Crippen LogP contribution in [0.5, 0.6) is 0 Å². The molecule has 0 atom stereocenters. The van der Waals surface area contributed by atoms with Crippen molar-refractivity contribution in [3.8, 4) is 11.4 Å². The molecule has 3 aromatic heterocycles. The van der Waals surface area contributed by atoms with E-state index in [9.17, 15) is 4.79 Å². The van der Waals surface area contributed by atoms with Gasteiger partial charge in [0, 0.05) is 62.8 Å². The Kier molecular flexibility index (Phi) is 6.66. The molecule has 0 unspecified atom stereocenters. The number of fused-ring (bicyclic) bond motifs is 1. The number of rotatable bonds is 7. The largest absolute Gasteiger partial charge is 0.478 e. The van der Waals surface area contributed by atoms with Gasteiger partial charge in [0.05, 0.1) is 35.5 Å². The molecule has 36 heavy (non-hydrogen) atoms. The van der Waals surface area contributed by atoms with Crippen LogP contribution < -0.4 is 14.7 Å². The summed E-state index contributed by atoms with van der Waals surface area (Å²) in [5.74, 6) is 1.03. The smallest absolute Gasteiger partial charge is 0.338 e. The SMILES string of the molecule is CN(C)c1cccc(-c2nc(N3CCOCC3)c3sc(CN(C)c4ncc(C(=O)O)cn4)cc3n2)c1. The molecule has 1 aromatic carbocycles. The van der Waals surface area contributed by atoms with E-state index in [0.717, 1.165) is 45.3 Å². The number of aromatic carboxylic acids is 1. The van der Waals surface area contributed by atoms with Crippen molar-refractivity contribution in [1.82, 2.24) is 19.9 Å². The van der Waals surface area contributed by atoms with Gasteiger partial charge in [-0.05, 0) is 18.2 Å². The number of carbonyl (C=O) groups is 1. The van der Waals surface area contributed by atoms with Gasteiger partial charge in [0.1, 0.15) is 0 Å². The van der Waals surface area contributed by atoms with E-state index in [1.165, 1.54) is 12.4 Å². The highest BCUT2D eigenvalue weighted by molar-refractivity contribution is 7.19. The molecule has 4 aromatic rings. The number of carboxylic acid groups (broad SMARTS) is 1. The van der Waals surface area contributed by atoms with Gasteiger partial charge in [-0.2, -0.15) is 0 Å². The van der Waals surface area contributed by atoms with E-state index in [4.69, 9.17) is 19.8 Å². The van der Waals surface area contributed by atoms with E-state index in [0.29, 0.717) is 31.5 Å². The number of ether oxygens (including phenoxy) is 1. The van der Waals surface area contributed by atoms with Crippen molar-refractivity contribution in [2.75, 3.05) is 62.1 Å². The lowest BCUT2D eigenvalue weighted by Crippen LogP contribution is -2.36. The minimum absolute atomic E-state index is 0.0605. The van der Waals surface area contributed by atoms with Crippen molar-refractivity contribution in [2.45, 2.75) is 6.54 Å². The highest BCUT2D eigenvalue weighted by atomic mass is 32.1. The van der Waals surface area contributed by atoms with Gasteiger partial charge in [0.2, 0.25) is 5.95 Å². The van der Waals surface area contributed by atoms with Crippen LogP contribution in [0.3, 0.4) is 0 Å². The summed E-state index contributed by atoms with van der Waals surface area (Å²) in [4.78, 5) is 36.8. The number of carboxylic acids is 1. The van der Waals surface area contributed by atoms with Crippen LogP contribution in [0.4, 0.5) is 17.5 Å². The van der Waals surface area contributed by atoms with E-state index < -0.39 is 5.97 Å². The van der Waals surface area contributed by atoms with E-state index >= 15 is 0 Å². The summed E-state index contributed by atoms with van der Waals surface area (Å²) < 4.78 is 6.61. The summed E-state index contributed by atoms with van der Waals surface area (Å²) in [7, 11) is 5.92. The van der Waals surface area contributed by atoms with Crippen molar-refractivity contribution in [3.63, 3.8) is 0 Å². The molecule has 0 spiro atoms. The Morgan fingerprint density at radius 2 is 1.86 bits per heavy atom. The predicted molar refractivity (Wildman–Crippen MR) is 141 cm³/mol. The third-order valence-electron chi connectivity index (χ3n) is 5.96. The number of nitrogens with zero attached hydrogens (tertiary/aromatic N) is 7. The van der Waals surface area contributed by atoms with Crippen molar-refractivity contribution in [3.05, 3.63) is 53.2 Å². The summed E-state index contributed by atoms with van der Waals surface area (Å²) in [5.41, 5.74) is 3.01. The van der Waals surface area contributed by atoms with E-state index in [-0.39, 0.29) is 5.56 Å². The molecule has 1 aliphatic rings. The predicted octanol–water partition coefficient (Wildman–Crippen LogP) is 3.39. The molecule has 0 bridgehead atoms. The third-order valence-corrected chi connectivity index (χ3v) is 7.06. The highest BCUT2D eigenvalue weighted by Crippen LogP contribution is 2.35. The van der Waals surface area contributed by atoms with Gasteiger partial charge in [-0.15, -0.1) is 11.3 Å². The summed E-state index contributed by atoms with van der Waals surface area (Å²) in [5, 5.41) is 9.09. The standard InChI is InChI=1S/C25H27N7O3S/c1-30(2)18-6-4-5-16(11-18)22-28-20-12-19(15-31(3)25-26-13-17(14-27-25)24(33)34)36-21(20)23(29-22)32-7-9-35-10-8-32/h4-6,11-14H,7-10,15H2,1-3H3,(H,33,34). The van der Waals surface area contributed by atoms with Crippen LogP contribution in [0.25, 0.3) is 21.6 Å². The monoisotopic (exact) mass is 505 g/mol. The first kappa shape index (κ1) is 23.9. The second kappa shape index (κ2) is 10.0. The number of aromatic nitrogens is 4. The normalized spacial score (nSPS) is 13.7. The minimum Gasteiger partial charge on any atom is -0.478 e. The molecule has 0 amide bonds. The van der Waals surface area contributed by atoms with Crippen LogP contribution in [0.1, 0.15) is 15.2 Å². The fourth-order valence-electron chi connectivity index (χ4n) is 4.02. The van der Waals surface area contributed by atoms with E-state index in [2.05, 4.69) is 38.0 Å². The first-order valence-electron chi connectivity index (χ1n) is 11.6. The van der Waals surface area contributed by atoms with Crippen molar-refractivity contribution in [1.29, 1.82) is 0 Å². The molecule has 1 aliphatic heterocycles. The zero-order valence-corrected chi connectivity index (χ0v) is 21.2. The molecule has 10 nitrogen and oxygen atoms in total. The Morgan fingerprint density at radius 3 is 2.56 bits per heavy atom. The van der Waals surface area contributed by atoms with Gasteiger partial charge in [-0.3, -0.25) is 0 Å². The molecule has 0 radical (unpaired) electrons. The summed E-state index contributed by atoms with van der Waals surface area (Å²) in [6.45, 7) is 3.45. The topological polar surface area (TPSA) is 108 Å². The van der Waals surface area contributed by atoms with Gasteiger partial charge in [0.15, 0.2) is 11.6 Å². The van der Waals surface area contributed by atoms with E-state index in [1.54, 1.807) is 11.3 Å². The van der Waals surface area contributed by atoms with Gasteiger partial charge in [-0.25, -0.2) is 24.7 Å². The molecular formula is C25H27N7O3S. The quantitative estimate of drug-likeness (QED) is 0.402. The van der Waals surface area contributed by atoms with Crippen LogP contribution in [0, 0.1) is 0 Å². The highest BCUT2D eigenvalue weighted by Gasteiger charge is 2.21. The van der Waals surface area contributed by atoms with Crippen LogP contribution >= 0.6 is 11.3 Å². The lowest BCUT2D eigenvalue weighted by Gasteiger charge is -2.28. The fraction of sp³-hybridized carbons (Fsp3) is 0.320. The zero-order chi connectivity index (χ0) is 25.2. The number of morpholine rings is 1. The first-order valence-corrected chi connectivity index (χ1v) is 12.4. The second-order valence-corrected chi connectivity index (χ2v) is 9.91. The molecule has 5 rings (SSSR count). The fourth-order valence-corrected chi connectivity index (χ4v) is 5.18. The minimum atomic E-state index is -1.05. The Balaban J connectivity index is 1.51. The Labute approximate surface area is 212 Å². The third kappa shape index (κ3) is 4.93. The zero-order valence-electron chi connectivity index (χ0n) is 20.4. The molecule has 186 valence electrons. The number of anilines is 3. The van der Waals surface area contributed by atoms with Crippen molar-refractivity contribution in [2.24, 2.45) is 0 Å². The number of benzene rings is 1. The van der Waals surface area contributed by atoms with Gasteiger partial charge in [0.25, 0.3) is 0 Å². The van der Waals surface area contributed by atoms with Crippen LogP contribution in [0.15, 0.2) is 42.7 Å². The van der Waals surface area contributed by atoms with Gasteiger partial charge in [-0.1, -0.05) is 12.1 Å². The average molecular weight is 506 g/mol. The van der Waals surface area contributed by atoms with E-state index in [1.807, 2.05) is 38.2 Å². The molecule has 11 heteroatoms. The molecule has 1 fully saturated rings. The average Bonchev–Trinajstić information content (AvgIpc) is 3.31. The lowest BCUT2D eigenvalue weighted by atomic mass is 10.1. The van der Waals surface area contributed by atoms with Gasteiger partial charge >= 0.3 is 5.97 Å². The first-order chi connectivity index (χ1) is 17.4. The maximum atomic E-state index is 11.1. The number of thiophene rings is 1. The summed E-state index contributed by atoms with van der Waals surface area (Å²) in [6, 6.07) is 10.3. The summed E-state index contributed by atoms with van der Waals surface area (Å²) >= 11 is 1.65. The molecule has 0 aliphatic carbocycles. The van der Waals surface area contributed by atoms with Gasteiger partial charge < -0.3 is 24.5 Å². The van der Waals surface area contributed by atoms with Crippen LogP contribution in [-0.4, -0.2) is 78.5 Å². The van der Waals surface area contributed by atoms with Crippen LogP contribution in [-0.2, 0) is 11.3 Å². The maximum absolute atomic E-state index is 11.1. The molecule has 4 heterocycles.